The molecule has 2 aliphatic rings. The summed E-state index contributed by atoms with van der Waals surface area (Å²) in [5, 5.41) is 4.71. The first-order valence-electron chi connectivity index (χ1n) is 50.0. The normalized spacial score (nSPS) is 14.9. The Morgan fingerprint density at radius 2 is 0.608 bits per heavy atom. The van der Waals surface area contributed by atoms with Gasteiger partial charge < -0.3 is 27.8 Å². The van der Waals surface area contributed by atoms with Gasteiger partial charge in [0.25, 0.3) is 6.71 Å². The van der Waals surface area contributed by atoms with Gasteiger partial charge >= 0.3 is 0 Å². The fraction of sp³-hybridized carbons (Fsp3) is 0.237. The van der Waals surface area contributed by atoms with Gasteiger partial charge in [0.1, 0.15) is 22.3 Å². The first kappa shape index (κ1) is 66.7. The molecule has 0 fully saturated rings. The minimum Gasteiger partial charge on any atom is -0.456 e. The van der Waals surface area contributed by atoms with Crippen molar-refractivity contribution in [2.45, 2.75) is 183 Å². The molecule has 15 aromatic carbocycles. The van der Waals surface area contributed by atoms with E-state index in [0.717, 1.165) is 133 Å². The first-order valence-corrected chi connectivity index (χ1v) is 44.0. The first-order chi connectivity index (χ1) is 64.5. The molecule has 0 saturated carbocycles. The molecule has 19 aromatic rings. The van der Waals surface area contributed by atoms with Crippen LogP contribution in [0.1, 0.15) is 201 Å². The third kappa shape index (κ3) is 12.8. The molecule has 0 spiro atoms. The van der Waals surface area contributed by atoms with Gasteiger partial charge in [0, 0.05) is 105 Å². The fourth-order valence-corrected chi connectivity index (χ4v) is 19.1. The van der Waals surface area contributed by atoms with E-state index in [9.17, 15) is 16.4 Å². The zero-order valence-corrected chi connectivity index (χ0v) is 75.5. The maximum absolute atomic E-state index is 10.6. The number of para-hydroxylation sites is 3. The number of benzene rings is 15. The summed E-state index contributed by atoms with van der Waals surface area (Å²) in [5.41, 5.74) is 17.8. The van der Waals surface area contributed by atoms with Gasteiger partial charge in [0.2, 0.25) is 0 Å². The largest absolute Gasteiger partial charge is 0.456 e. The van der Waals surface area contributed by atoms with E-state index in [2.05, 4.69) is 230 Å². The molecule has 0 bridgehead atoms. The Morgan fingerprint density at radius 3 is 1.03 bits per heavy atom. The summed E-state index contributed by atoms with van der Waals surface area (Å²) in [7, 11) is 0. The second kappa shape index (κ2) is 27.8. The molecule has 618 valence electrons. The lowest BCUT2D eigenvalue weighted by Gasteiger charge is -2.47. The van der Waals surface area contributed by atoms with Gasteiger partial charge in [-0.2, -0.15) is 0 Å². The fourth-order valence-electron chi connectivity index (χ4n) is 19.1. The highest BCUT2D eigenvalue weighted by atomic mass is 16.3. The molecular weight excluding hydrogens is 1520 g/mol. The predicted octanol–water partition coefficient (Wildman–Crippen LogP) is 31.5. The van der Waals surface area contributed by atoms with Crippen LogP contribution in [-0.4, -0.2) is 15.8 Å². The van der Waals surface area contributed by atoms with E-state index in [0.29, 0.717) is 56.2 Å². The quantitative estimate of drug-likeness (QED) is 0.142. The molecule has 125 heavy (non-hydrogen) atoms. The van der Waals surface area contributed by atoms with E-state index in [1.807, 2.05) is 148 Å². The molecule has 6 nitrogen and oxygen atoms in total. The van der Waals surface area contributed by atoms with E-state index in [1.54, 1.807) is 4.57 Å². The van der Waals surface area contributed by atoms with Crippen molar-refractivity contribution < 1.29 is 25.3 Å². The third-order valence-corrected chi connectivity index (χ3v) is 25.9. The van der Waals surface area contributed by atoms with Crippen LogP contribution in [-0.2, 0) is 37.9 Å². The predicted molar refractivity (Wildman–Crippen MR) is 536 cm³/mol. The second-order valence-corrected chi connectivity index (χ2v) is 42.0. The van der Waals surface area contributed by atoms with Gasteiger partial charge in [-0.05, 0) is 237 Å². The van der Waals surface area contributed by atoms with Crippen LogP contribution in [0.5, 0.6) is 0 Å². The van der Waals surface area contributed by atoms with E-state index in [4.69, 9.17) is 8.83 Å². The van der Waals surface area contributed by atoms with Crippen molar-refractivity contribution in [3.63, 3.8) is 0 Å². The van der Waals surface area contributed by atoms with E-state index < -0.39 is 44.6 Å². The van der Waals surface area contributed by atoms with Crippen molar-refractivity contribution in [3.05, 3.63) is 330 Å². The Labute approximate surface area is 753 Å². The average Bonchev–Trinajstić information content (AvgIpc) is 1.67. The zero-order chi connectivity index (χ0) is 97.4. The Balaban J connectivity index is 1.01. The lowest BCUT2D eigenvalue weighted by atomic mass is 9.33. The molecule has 21 rings (SSSR count). The van der Waals surface area contributed by atoms with Crippen LogP contribution in [0.25, 0.3) is 143 Å². The van der Waals surface area contributed by atoms with Crippen molar-refractivity contribution in [3.8, 4) is 55.9 Å². The van der Waals surface area contributed by atoms with Crippen molar-refractivity contribution >= 4 is 145 Å². The summed E-state index contributed by atoms with van der Waals surface area (Å²) in [4.78, 5) is 4.91. The number of furan rings is 2. The topological polar surface area (TPSA) is 42.6 Å². The molecule has 0 atom stereocenters. The Hall–Kier alpha value is -12.8. The monoisotopic (exact) mass is 1640 g/mol. The van der Waals surface area contributed by atoms with Crippen molar-refractivity contribution in [1.82, 2.24) is 9.13 Å². The SMILES string of the molecule is [2H]c1c(C(C)(C)C)c([2H])c2c3c([2H])c(C(C)(C)C)c([2H])c([2H])c3n(-c3ccc4c(c3)N(c3c(-c5ccccc5)cc(C(C)(C)C)cc3-c3cccc5c3oc3ccccc35)c3cc(C(C)(C)C)cc5c3B4c3ccc(-n4c6c([2H])c([2H])c(C(C)(C)C)c([2H])c6c6c([2H])c(C(C)(C)C)c([2H])c([2H])c64)cc3N5c3c(-c4ccccc4)cc(C(C)(C)C)cc3-c3cccc4oc5ccccc5c34)c2c1[2H]. The Bertz CT molecular complexity index is 8290. The van der Waals surface area contributed by atoms with Gasteiger partial charge in [-0.15, -0.1) is 0 Å². The maximum Gasteiger partial charge on any atom is 0.252 e. The lowest BCUT2D eigenvalue weighted by molar-refractivity contribution is 0.590. The number of fused-ring (bicyclic) bond motifs is 16. The number of aromatic nitrogens is 2. The molecule has 0 saturated heterocycles. The number of hydrogen-bond acceptors (Lipinski definition) is 4. The molecule has 0 radical (unpaired) electrons. The summed E-state index contributed by atoms with van der Waals surface area (Å²) in [6.07, 6.45) is 0. The molecule has 0 amide bonds. The summed E-state index contributed by atoms with van der Waals surface area (Å²) < 4.78 is 143. The van der Waals surface area contributed by atoms with Crippen LogP contribution in [0.4, 0.5) is 34.1 Å². The number of nitrogens with zero attached hydrogens (tertiary/aromatic N) is 4. The van der Waals surface area contributed by atoms with Gasteiger partial charge in [0.05, 0.1) is 49.9 Å². The molecule has 0 N–H and O–H groups in total. The average molecular weight is 1640 g/mol. The smallest absolute Gasteiger partial charge is 0.252 e. The van der Waals surface area contributed by atoms with E-state index in [-0.39, 0.29) is 116 Å². The van der Waals surface area contributed by atoms with Gasteiger partial charge in [0.15, 0.2) is 0 Å². The Morgan fingerprint density at radius 1 is 0.264 bits per heavy atom. The van der Waals surface area contributed by atoms with Crippen LogP contribution >= 0.6 is 0 Å². The zero-order valence-electron chi connectivity index (χ0n) is 87.5. The van der Waals surface area contributed by atoms with Gasteiger partial charge in [-0.25, -0.2) is 0 Å². The summed E-state index contributed by atoms with van der Waals surface area (Å²) in [5.74, 6) is 0. The summed E-state index contributed by atoms with van der Waals surface area (Å²) in [6, 6.07) is 75.5. The molecular formula is C118H111BN4O2. The molecule has 0 aliphatic carbocycles. The molecule has 7 heteroatoms. The third-order valence-electron chi connectivity index (χ3n) is 25.9. The van der Waals surface area contributed by atoms with Crippen LogP contribution < -0.4 is 26.2 Å². The van der Waals surface area contributed by atoms with Crippen LogP contribution in [0.2, 0.25) is 0 Å². The number of hydrogen-bond donors (Lipinski definition) is 0. The molecule has 6 heterocycles. The highest BCUT2D eigenvalue weighted by Crippen LogP contribution is 2.58. The van der Waals surface area contributed by atoms with E-state index in [1.165, 1.54) is 0 Å². The summed E-state index contributed by atoms with van der Waals surface area (Å²) >= 11 is 0. The minimum atomic E-state index is -0.830. The maximum atomic E-state index is 10.6. The van der Waals surface area contributed by atoms with Crippen molar-refractivity contribution in [2.75, 3.05) is 9.80 Å². The van der Waals surface area contributed by atoms with E-state index >= 15 is 0 Å². The lowest BCUT2D eigenvalue weighted by Crippen LogP contribution is -2.61. The number of anilines is 6. The highest BCUT2D eigenvalue weighted by molar-refractivity contribution is 7.00. The van der Waals surface area contributed by atoms with Gasteiger partial charge in [-0.1, -0.05) is 309 Å². The highest BCUT2D eigenvalue weighted by Gasteiger charge is 2.47. The van der Waals surface area contributed by atoms with Crippen molar-refractivity contribution in [1.29, 1.82) is 0 Å². The standard InChI is InChI=1S/C118H111BN4O2/c1-112(2,3)72-46-54-96-88(58-72)89-59-73(113(4,5)6)47-55-97(89)120(96)79-50-52-94-100(68-79)122(109-86(70-34-24-22-25-35-70)62-76(116(13,14)15)64-92(109)82-40-33-45-106-107(82)85-39-29-31-44-105(85)124-106)102-66-78(118(19,20)21)67-103-108(102)119(94)95-53-51-80(121-98-56-48-74(114(7,8)9)60-90(98)91-61-75(115(10,11)12)49-57-99(91)121)69-101(95)123(103)110-87(71-36-26-23-27-37-71)63-77(117(16,17)18)65-93(110)84-42-32-41-83-81-38-28-30-43-104(81)125-111(83)84/h22-69H,1-21H3/i46D,47D,48D,49D,54D,55D,56D,57D,58D,59D,60D,61D. The molecule has 4 aromatic heterocycles. The second-order valence-electron chi connectivity index (χ2n) is 42.0. The minimum absolute atomic E-state index is 0.0252. The number of rotatable bonds is 8. The summed E-state index contributed by atoms with van der Waals surface area (Å²) in [6.45, 7) is 42.7. The van der Waals surface area contributed by atoms with Crippen LogP contribution in [0.15, 0.2) is 300 Å². The molecule has 0 unspecified atom stereocenters. The van der Waals surface area contributed by atoms with Crippen molar-refractivity contribution in [2.24, 2.45) is 0 Å². The van der Waals surface area contributed by atoms with Crippen LogP contribution in [0, 0.1) is 0 Å². The van der Waals surface area contributed by atoms with Crippen LogP contribution in [0.3, 0.4) is 0 Å². The Kier molecular flexibility index (Phi) is 14.8. The van der Waals surface area contributed by atoms with Gasteiger partial charge in [-0.3, -0.25) is 0 Å². The molecule has 2 aliphatic heterocycles.